The number of amidine groups is 1. The lowest BCUT2D eigenvalue weighted by atomic mass is 9.95. The van der Waals surface area contributed by atoms with Crippen molar-refractivity contribution in [1.82, 2.24) is 5.32 Å². The Kier molecular flexibility index (Phi) is 3.67. The maximum absolute atomic E-state index is 12.7. The van der Waals surface area contributed by atoms with E-state index in [0.29, 0.717) is 0 Å². The second-order valence-corrected chi connectivity index (χ2v) is 4.74. The molecule has 2 saturated heterocycles. The number of rotatable bonds is 4. The van der Waals surface area contributed by atoms with Gasteiger partial charge in [0.25, 0.3) is 0 Å². The molecule has 0 saturated carbocycles. The number of hydrogen-bond donors (Lipinski definition) is 3. The Morgan fingerprint density at radius 3 is 2.67 bits per heavy atom. The topological polar surface area (TPSA) is 79.9 Å². The van der Waals surface area contributed by atoms with E-state index >= 15 is 0 Å². The first-order valence-electron chi connectivity index (χ1n) is 5.84. The molecule has 5 nitrogen and oxygen atoms in total. The van der Waals surface area contributed by atoms with Crippen LogP contribution in [0.15, 0.2) is 5.16 Å². The third-order valence-electron chi connectivity index (χ3n) is 3.56. The molecule has 0 radical (unpaired) electrons. The quantitative estimate of drug-likeness (QED) is 0.305. The summed E-state index contributed by atoms with van der Waals surface area (Å²) < 4.78 is 43.6. The van der Waals surface area contributed by atoms with Gasteiger partial charge < -0.3 is 21.0 Å². The van der Waals surface area contributed by atoms with Gasteiger partial charge in [0.05, 0.1) is 12.2 Å². The minimum Gasteiger partial charge on any atom is -0.409 e. The maximum Gasteiger partial charge on any atom is 0.400 e. The predicted molar refractivity (Wildman–Crippen MR) is 57.3 cm³/mol. The zero-order valence-corrected chi connectivity index (χ0v) is 9.65. The summed E-state index contributed by atoms with van der Waals surface area (Å²) in [4.78, 5) is 0. The van der Waals surface area contributed by atoms with Crippen LogP contribution in [0.3, 0.4) is 0 Å². The zero-order chi connectivity index (χ0) is 13.3. The fourth-order valence-corrected chi connectivity index (χ4v) is 2.58. The number of hydrogen-bond acceptors (Lipinski definition) is 4. The number of ether oxygens (including phenoxy) is 1. The number of nitrogens with one attached hydrogen (secondary N) is 1. The van der Waals surface area contributed by atoms with E-state index in [9.17, 15) is 13.2 Å². The summed E-state index contributed by atoms with van der Waals surface area (Å²) in [5.41, 5.74) is 5.07. The number of halogens is 3. The van der Waals surface area contributed by atoms with Gasteiger partial charge in [-0.2, -0.15) is 13.2 Å². The minimum atomic E-state index is -4.53. The molecule has 0 aromatic carbocycles. The van der Waals surface area contributed by atoms with E-state index < -0.39 is 24.5 Å². The Morgan fingerprint density at radius 1 is 1.50 bits per heavy atom. The Balaban J connectivity index is 1.90. The van der Waals surface area contributed by atoms with E-state index in [2.05, 4.69) is 10.5 Å². The molecule has 0 aliphatic carbocycles. The van der Waals surface area contributed by atoms with Crippen molar-refractivity contribution in [3.05, 3.63) is 0 Å². The van der Waals surface area contributed by atoms with Crippen LogP contribution in [0.1, 0.15) is 19.3 Å². The van der Waals surface area contributed by atoms with Crippen molar-refractivity contribution in [2.45, 2.75) is 43.7 Å². The molecule has 104 valence electrons. The van der Waals surface area contributed by atoms with E-state index in [1.54, 1.807) is 0 Å². The summed E-state index contributed by atoms with van der Waals surface area (Å²) in [6, 6.07) is -0.0694. The van der Waals surface area contributed by atoms with E-state index in [1.165, 1.54) is 0 Å². The number of nitrogens with zero attached hydrogens (tertiary/aromatic N) is 1. The van der Waals surface area contributed by atoms with E-state index in [0.717, 1.165) is 19.3 Å². The first kappa shape index (κ1) is 13.4. The van der Waals surface area contributed by atoms with Gasteiger partial charge in [0.15, 0.2) is 5.84 Å². The Bertz CT molecular complexity index is 335. The first-order valence-corrected chi connectivity index (χ1v) is 5.84. The van der Waals surface area contributed by atoms with Gasteiger partial charge in [-0.25, -0.2) is 0 Å². The lowest BCUT2D eigenvalue weighted by Gasteiger charge is -2.24. The third-order valence-corrected chi connectivity index (χ3v) is 3.56. The van der Waals surface area contributed by atoms with Crippen molar-refractivity contribution in [3.63, 3.8) is 0 Å². The van der Waals surface area contributed by atoms with Crippen molar-refractivity contribution < 1.29 is 23.1 Å². The average molecular weight is 267 g/mol. The smallest absolute Gasteiger partial charge is 0.400 e. The highest BCUT2D eigenvalue weighted by Crippen LogP contribution is 2.35. The van der Waals surface area contributed by atoms with Gasteiger partial charge in [-0.1, -0.05) is 5.16 Å². The lowest BCUT2D eigenvalue weighted by molar-refractivity contribution is -0.155. The monoisotopic (exact) mass is 267 g/mol. The molecule has 18 heavy (non-hydrogen) atoms. The van der Waals surface area contributed by atoms with Gasteiger partial charge in [-0.05, 0) is 19.3 Å². The average Bonchev–Trinajstić information content (AvgIpc) is 2.88. The molecule has 0 amide bonds. The summed E-state index contributed by atoms with van der Waals surface area (Å²) in [6.45, 7) is -0.392. The maximum atomic E-state index is 12.7. The molecular formula is C10H16F3N3O2. The van der Waals surface area contributed by atoms with Gasteiger partial charge in [0.1, 0.15) is 5.92 Å². The summed E-state index contributed by atoms with van der Waals surface area (Å²) >= 11 is 0. The molecule has 2 bridgehead atoms. The second kappa shape index (κ2) is 4.93. The normalized spacial score (nSPS) is 33.9. The fraction of sp³-hybridized carbons (Fsp3) is 0.900. The van der Waals surface area contributed by atoms with Gasteiger partial charge in [0.2, 0.25) is 0 Å². The lowest BCUT2D eigenvalue weighted by Crippen LogP contribution is -2.47. The Morgan fingerprint density at radius 2 is 2.22 bits per heavy atom. The molecule has 4 atom stereocenters. The molecule has 2 heterocycles. The van der Waals surface area contributed by atoms with Gasteiger partial charge in [-0.15, -0.1) is 0 Å². The molecular weight excluding hydrogens is 251 g/mol. The third kappa shape index (κ3) is 2.69. The van der Waals surface area contributed by atoms with Crippen molar-refractivity contribution in [3.8, 4) is 0 Å². The highest BCUT2D eigenvalue weighted by Gasteiger charge is 2.45. The number of fused-ring (bicyclic) bond motifs is 2. The van der Waals surface area contributed by atoms with Crippen LogP contribution in [0.5, 0.6) is 0 Å². The van der Waals surface area contributed by atoms with Crippen LogP contribution in [0.25, 0.3) is 0 Å². The summed E-state index contributed by atoms with van der Waals surface area (Å²) in [6.07, 6.45) is -1.78. The first-order chi connectivity index (χ1) is 8.41. The highest BCUT2D eigenvalue weighted by atomic mass is 19.4. The number of nitrogens with two attached hydrogens (primary N) is 1. The van der Waals surface area contributed by atoms with Crippen LogP contribution < -0.4 is 11.1 Å². The van der Waals surface area contributed by atoms with Crippen LogP contribution in [-0.2, 0) is 4.74 Å². The van der Waals surface area contributed by atoms with Gasteiger partial charge >= 0.3 is 6.18 Å². The van der Waals surface area contributed by atoms with E-state index in [4.69, 9.17) is 15.7 Å². The summed E-state index contributed by atoms with van der Waals surface area (Å²) in [7, 11) is 0. The van der Waals surface area contributed by atoms with Gasteiger partial charge in [-0.3, -0.25) is 0 Å². The second-order valence-electron chi connectivity index (χ2n) is 4.74. The number of oxime groups is 1. The van der Waals surface area contributed by atoms with Crippen LogP contribution >= 0.6 is 0 Å². The number of alkyl halides is 3. The highest BCUT2D eigenvalue weighted by molar-refractivity contribution is 5.83. The van der Waals surface area contributed by atoms with E-state index in [1.807, 2.05) is 0 Å². The Hall–Kier alpha value is -1.02. The van der Waals surface area contributed by atoms with Crippen molar-refractivity contribution >= 4 is 5.84 Å². The van der Waals surface area contributed by atoms with Crippen molar-refractivity contribution in [1.29, 1.82) is 0 Å². The van der Waals surface area contributed by atoms with Crippen molar-refractivity contribution in [2.24, 2.45) is 16.8 Å². The molecule has 4 unspecified atom stereocenters. The van der Waals surface area contributed by atoms with Crippen LogP contribution in [0.4, 0.5) is 13.2 Å². The summed E-state index contributed by atoms with van der Waals surface area (Å²) in [5, 5.41) is 13.6. The molecule has 2 aliphatic rings. The molecule has 8 heteroatoms. The molecule has 0 aromatic heterocycles. The minimum absolute atomic E-state index is 0.00354. The van der Waals surface area contributed by atoms with Crippen LogP contribution in [-0.4, -0.2) is 42.0 Å². The van der Waals surface area contributed by atoms with E-state index in [-0.39, 0.29) is 18.2 Å². The fourth-order valence-electron chi connectivity index (χ4n) is 2.58. The van der Waals surface area contributed by atoms with Crippen LogP contribution in [0.2, 0.25) is 0 Å². The van der Waals surface area contributed by atoms with Crippen LogP contribution in [0, 0.1) is 5.92 Å². The SMILES string of the molecule is NC(=NO)C(CNC1CC2CCC1O2)C(F)(F)F. The zero-order valence-electron chi connectivity index (χ0n) is 9.65. The summed E-state index contributed by atoms with van der Waals surface area (Å²) in [5.74, 6) is -2.79. The van der Waals surface area contributed by atoms with Gasteiger partial charge in [0, 0.05) is 12.6 Å². The predicted octanol–water partition coefficient (Wildman–Crippen LogP) is 0.821. The van der Waals surface area contributed by atoms with Crippen molar-refractivity contribution in [2.75, 3.05) is 6.54 Å². The molecule has 4 N–H and O–H groups in total. The standard InChI is InChI=1S/C10H16F3N3O2/c11-10(12,13)6(9(14)16-17)4-15-7-3-5-1-2-8(7)18-5/h5-8,15,17H,1-4H2,(H2,14,16). The Labute approximate surface area is 102 Å². The molecule has 2 rings (SSSR count). The molecule has 0 spiro atoms. The molecule has 2 fully saturated rings. The molecule has 2 aliphatic heterocycles. The largest absolute Gasteiger partial charge is 0.409 e. The molecule has 0 aromatic rings.